The second-order valence-electron chi connectivity index (χ2n) is 7.76. The molecule has 1 amide bonds. The highest BCUT2D eigenvalue weighted by atomic mass is 16.2. The molecule has 2 saturated carbocycles. The Morgan fingerprint density at radius 3 is 2.20 bits per heavy atom. The Morgan fingerprint density at radius 1 is 0.880 bits per heavy atom. The van der Waals surface area contributed by atoms with Crippen LogP contribution in [0.15, 0.2) is 53.5 Å². The van der Waals surface area contributed by atoms with Crippen molar-refractivity contribution in [1.82, 2.24) is 5.32 Å². The zero-order chi connectivity index (χ0) is 17.0. The maximum absolute atomic E-state index is 12.6. The van der Waals surface area contributed by atoms with Crippen molar-refractivity contribution in [2.75, 3.05) is 0 Å². The van der Waals surface area contributed by atoms with Crippen molar-refractivity contribution in [2.24, 2.45) is 22.7 Å². The number of nitrogens with one attached hydrogen (secondary N) is 1. The first-order valence-electron chi connectivity index (χ1n) is 9.25. The van der Waals surface area contributed by atoms with Gasteiger partial charge in [0.2, 0.25) is 5.91 Å². The number of amides is 1. The molecule has 2 aromatic carbocycles. The van der Waals surface area contributed by atoms with E-state index in [-0.39, 0.29) is 17.9 Å². The number of amidine groups is 1. The van der Waals surface area contributed by atoms with Crippen molar-refractivity contribution in [3.8, 4) is 11.1 Å². The van der Waals surface area contributed by atoms with Crippen LogP contribution in [0.1, 0.15) is 30.4 Å². The molecule has 4 atom stereocenters. The van der Waals surface area contributed by atoms with Crippen molar-refractivity contribution < 1.29 is 4.79 Å². The van der Waals surface area contributed by atoms with Gasteiger partial charge in [-0.1, -0.05) is 54.1 Å². The number of fused-ring (bicyclic) bond motifs is 5. The number of aliphatic imine (C=N–C) groups is 1. The normalized spacial score (nSPS) is 30.0. The average molecular weight is 330 g/mol. The van der Waals surface area contributed by atoms with Crippen LogP contribution in [0.5, 0.6) is 0 Å². The number of hydrogen-bond acceptors (Lipinski definition) is 2. The smallest absolute Gasteiger partial charge is 0.231 e. The van der Waals surface area contributed by atoms with Crippen LogP contribution >= 0.6 is 0 Å². The van der Waals surface area contributed by atoms with E-state index >= 15 is 0 Å². The van der Waals surface area contributed by atoms with E-state index in [1.54, 1.807) is 0 Å². The van der Waals surface area contributed by atoms with E-state index in [2.05, 4.69) is 60.8 Å². The van der Waals surface area contributed by atoms with Crippen LogP contribution in [-0.2, 0) is 4.79 Å². The van der Waals surface area contributed by atoms with Crippen molar-refractivity contribution in [3.63, 3.8) is 0 Å². The third-order valence-corrected chi connectivity index (χ3v) is 6.24. The number of nitrogens with zero attached hydrogens (tertiary/aromatic N) is 1. The van der Waals surface area contributed by atoms with E-state index in [4.69, 9.17) is 4.99 Å². The Hall–Kier alpha value is -2.42. The molecule has 0 aromatic heterocycles. The molecule has 2 bridgehead atoms. The molecule has 1 aliphatic heterocycles. The molecule has 2 aliphatic carbocycles. The van der Waals surface area contributed by atoms with Crippen molar-refractivity contribution in [3.05, 3.63) is 59.7 Å². The number of carbonyl (C=O) groups excluding carboxylic acids is 1. The van der Waals surface area contributed by atoms with Gasteiger partial charge in [0.1, 0.15) is 5.84 Å². The van der Waals surface area contributed by atoms with E-state index in [0.717, 1.165) is 11.4 Å². The van der Waals surface area contributed by atoms with Gasteiger partial charge in [-0.25, -0.2) is 0 Å². The fraction of sp³-hybridized carbons (Fsp3) is 0.364. The lowest BCUT2D eigenvalue weighted by Crippen LogP contribution is -2.48. The van der Waals surface area contributed by atoms with Crippen LogP contribution in [-0.4, -0.2) is 17.8 Å². The molecule has 0 radical (unpaired) electrons. The maximum Gasteiger partial charge on any atom is 0.231 e. The number of benzene rings is 2. The molecule has 2 fully saturated rings. The monoisotopic (exact) mass is 330 g/mol. The van der Waals surface area contributed by atoms with Gasteiger partial charge < -0.3 is 5.32 Å². The summed E-state index contributed by atoms with van der Waals surface area (Å²) in [6.45, 7) is 2.10. The lowest BCUT2D eigenvalue weighted by Gasteiger charge is -2.32. The first kappa shape index (κ1) is 14.9. The summed E-state index contributed by atoms with van der Waals surface area (Å²) in [7, 11) is 0. The molecule has 0 saturated heterocycles. The fourth-order valence-corrected chi connectivity index (χ4v) is 4.91. The Labute approximate surface area is 148 Å². The van der Waals surface area contributed by atoms with Gasteiger partial charge in [-0.05, 0) is 49.1 Å². The van der Waals surface area contributed by atoms with Gasteiger partial charge in [0.05, 0.1) is 12.0 Å². The Morgan fingerprint density at radius 2 is 1.48 bits per heavy atom. The molecule has 1 heterocycles. The van der Waals surface area contributed by atoms with Crippen LogP contribution in [0, 0.1) is 24.7 Å². The Bertz CT molecular complexity index is 851. The third kappa shape index (κ3) is 2.41. The predicted molar refractivity (Wildman–Crippen MR) is 99.4 cm³/mol. The van der Waals surface area contributed by atoms with Gasteiger partial charge in [-0.2, -0.15) is 0 Å². The Kier molecular flexibility index (Phi) is 3.30. The van der Waals surface area contributed by atoms with E-state index in [1.165, 1.54) is 36.0 Å². The van der Waals surface area contributed by atoms with Gasteiger partial charge in [-0.3, -0.25) is 9.79 Å². The molecule has 25 heavy (non-hydrogen) atoms. The van der Waals surface area contributed by atoms with Crippen LogP contribution in [0.3, 0.4) is 0 Å². The highest BCUT2D eigenvalue weighted by Crippen LogP contribution is 2.51. The van der Waals surface area contributed by atoms with Crippen LogP contribution < -0.4 is 5.32 Å². The predicted octanol–water partition coefficient (Wildman–Crippen LogP) is 3.95. The minimum absolute atomic E-state index is 0.120. The average Bonchev–Trinajstić information content (AvgIpc) is 3.25. The SMILES string of the molecule is Cc1ccc(-c2ccc(C3=NC4C5CCC(C5)C4C(=O)N3)cc2)cc1. The maximum atomic E-state index is 12.6. The zero-order valence-corrected chi connectivity index (χ0v) is 14.4. The van der Waals surface area contributed by atoms with E-state index in [9.17, 15) is 4.79 Å². The lowest BCUT2D eigenvalue weighted by molar-refractivity contribution is -0.126. The van der Waals surface area contributed by atoms with Crippen molar-refractivity contribution >= 4 is 11.7 Å². The first-order valence-corrected chi connectivity index (χ1v) is 9.25. The van der Waals surface area contributed by atoms with Gasteiger partial charge in [0, 0.05) is 5.56 Å². The van der Waals surface area contributed by atoms with Crippen LogP contribution in [0.2, 0.25) is 0 Å². The number of carbonyl (C=O) groups is 1. The molecular formula is C22H22N2O. The third-order valence-electron chi connectivity index (χ3n) is 6.24. The van der Waals surface area contributed by atoms with Crippen LogP contribution in [0.25, 0.3) is 11.1 Å². The van der Waals surface area contributed by atoms with Gasteiger partial charge >= 0.3 is 0 Å². The number of hydrogen-bond donors (Lipinski definition) is 1. The molecule has 3 aliphatic rings. The summed E-state index contributed by atoms with van der Waals surface area (Å²) in [6.07, 6.45) is 3.63. The summed E-state index contributed by atoms with van der Waals surface area (Å²) in [6, 6.07) is 17.1. The summed E-state index contributed by atoms with van der Waals surface area (Å²) in [5.41, 5.74) is 4.66. The molecule has 5 rings (SSSR count). The standard InChI is InChI=1S/C22H22N2O/c1-13-2-4-14(5-3-13)15-6-8-16(9-7-15)21-23-20-18-11-10-17(12-18)19(20)22(25)24-21/h2-9,17-20H,10-12H2,1H3,(H,23,24,25). The first-order chi connectivity index (χ1) is 12.2. The van der Waals surface area contributed by atoms with Gasteiger partial charge in [-0.15, -0.1) is 0 Å². The highest BCUT2D eigenvalue weighted by Gasteiger charge is 2.52. The number of aryl methyl sites for hydroxylation is 1. The summed E-state index contributed by atoms with van der Waals surface area (Å²) < 4.78 is 0. The highest BCUT2D eigenvalue weighted by molar-refractivity contribution is 6.10. The van der Waals surface area contributed by atoms with Crippen LogP contribution in [0.4, 0.5) is 0 Å². The Balaban J connectivity index is 1.44. The topological polar surface area (TPSA) is 41.5 Å². The summed E-state index contributed by atoms with van der Waals surface area (Å²) in [5.74, 6) is 2.24. The van der Waals surface area contributed by atoms with E-state index < -0.39 is 0 Å². The van der Waals surface area contributed by atoms with E-state index in [0.29, 0.717) is 11.8 Å². The van der Waals surface area contributed by atoms with E-state index in [1.807, 2.05) is 0 Å². The molecule has 3 nitrogen and oxygen atoms in total. The van der Waals surface area contributed by atoms with Gasteiger partial charge in [0.15, 0.2) is 0 Å². The second kappa shape index (κ2) is 5.55. The molecule has 1 N–H and O–H groups in total. The summed E-state index contributed by atoms with van der Waals surface area (Å²) in [4.78, 5) is 17.5. The minimum Gasteiger partial charge on any atom is -0.310 e. The largest absolute Gasteiger partial charge is 0.310 e. The van der Waals surface area contributed by atoms with Crippen molar-refractivity contribution in [2.45, 2.75) is 32.2 Å². The van der Waals surface area contributed by atoms with Crippen molar-refractivity contribution in [1.29, 1.82) is 0 Å². The molecule has 4 unspecified atom stereocenters. The molecule has 3 heteroatoms. The molecule has 126 valence electrons. The molecular weight excluding hydrogens is 308 g/mol. The summed E-state index contributed by atoms with van der Waals surface area (Å²) in [5, 5.41) is 3.07. The minimum atomic E-state index is 0.120. The second-order valence-corrected chi connectivity index (χ2v) is 7.76. The molecule has 0 spiro atoms. The fourth-order valence-electron chi connectivity index (χ4n) is 4.91. The summed E-state index contributed by atoms with van der Waals surface area (Å²) >= 11 is 0. The van der Waals surface area contributed by atoms with Gasteiger partial charge in [0.25, 0.3) is 0 Å². The zero-order valence-electron chi connectivity index (χ0n) is 14.4. The quantitative estimate of drug-likeness (QED) is 0.890. The number of rotatable bonds is 2. The molecule has 2 aromatic rings. The lowest BCUT2D eigenvalue weighted by atomic mass is 9.83.